The number of nitrogens with zero attached hydrogens (tertiary/aromatic N) is 1. The molecule has 0 saturated carbocycles. The lowest BCUT2D eigenvalue weighted by molar-refractivity contribution is -0.118. The van der Waals surface area contributed by atoms with Crippen LogP contribution in [0.4, 0.5) is 5.69 Å². The quantitative estimate of drug-likeness (QED) is 0.455. The largest absolute Gasteiger partial charge is 0.352 e. The van der Waals surface area contributed by atoms with Crippen molar-refractivity contribution in [1.29, 1.82) is 0 Å². The van der Waals surface area contributed by atoms with Crippen LogP contribution in [0.25, 0.3) is 6.08 Å². The second kappa shape index (κ2) is 7.25. The predicted octanol–water partition coefficient (Wildman–Crippen LogP) is 5.67. The molecule has 3 atom stereocenters. The van der Waals surface area contributed by atoms with Crippen LogP contribution in [0.1, 0.15) is 50.2 Å². The topological polar surface area (TPSA) is 54.5 Å². The first kappa shape index (κ1) is 21.1. The Morgan fingerprint density at radius 3 is 2.21 bits per heavy atom. The monoisotopic (exact) mass is 467 g/mol. The number of aryl methyl sites for hydroxylation is 1. The second-order valence-corrected chi connectivity index (χ2v) is 9.87. The number of hydrogen-bond acceptors (Lipinski definition) is 4. The number of halogens is 1. The van der Waals surface area contributed by atoms with Gasteiger partial charge in [-0.05, 0) is 43.2 Å². The third-order valence-electron chi connectivity index (χ3n) is 7.62. The standard InChI is InChI=1S/C29H22ClNO3/c1-16-7-9-18(10-8-16)25-26(17(2)32)31-23-13-12-20(30)15-19(23)11-14-24(31)29(25)27(33)21-5-3-4-6-22(21)28(29)34/h3-15,24-26H,1-2H3/t24?,25-,26-/m0/s1. The van der Waals surface area contributed by atoms with Crippen LogP contribution in [-0.4, -0.2) is 29.4 Å². The Balaban J connectivity index is 1.68. The van der Waals surface area contributed by atoms with Gasteiger partial charge >= 0.3 is 0 Å². The van der Waals surface area contributed by atoms with Gasteiger partial charge in [0.2, 0.25) is 0 Å². The summed E-state index contributed by atoms with van der Waals surface area (Å²) in [5, 5.41) is 0.589. The van der Waals surface area contributed by atoms with E-state index in [1.165, 1.54) is 0 Å². The van der Waals surface area contributed by atoms with Crippen LogP contribution in [-0.2, 0) is 4.79 Å². The van der Waals surface area contributed by atoms with Gasteiger partial charge in [0.15, 0.2) is 17.3 Å². The van der Waals surface area contributed by atoms with Crippen molar-refractivity contribution in [2.24, 2.45) is 5.41 Å². The van der Waals surface area contributed by atoms with E-state index in [1.54, 1.807) is 37.3 Å². The molecule has 6 rings (SSSR count). The van der Waals surface area contributed by atoms with Crippen molar-refractivity contribution in [1.82, 2.24) is 0 Å². The van der Waals surface area contributed by atoms with Gasteiger partial charge in [-0.25, -0.2) is 0 Å². The van der Waals surface area contributed by atoms with Gasteiger partial charge in [0, 0.05) is 27.8 Å². The van der Waals surface area contributed by atoms with Crippen LogP contribution in [0.2, 0.25) is 5.02 Å². The van der Waals surface area contributed by atoms with Crippen molar-refractivity contribution in [2.45, 2.75) is 31.8 Å². The molecule has 3 aromatic carbocycles. The molecular formula is C29H22ClNO3. The van der Waals surface area contributed by atoms with Gasteiger partial charge in [0.05, 0.1) is 12.1 Å². The summed E-state index contributed by atoms with van der Waals surface area (Å²) < 4.78 is 0. The van der Waals surface area contributed by atoms with Crippen molar-refractivity contribution in [3.05, 3.63) is 106 Å². The summed E-state index contributed by atoms with van der Waals surface area (Å²) in [5.74, 6) is -1.13. The van der Waals surface area contributed by atoms with Gasteiger partial charge in [0.25, 0.3) is 0 Å². The normalized spacial score (nSPS) is 23.7. The molecule has 0 amide bonds. The van der Waals surface area contributed by atoms with Crippen LogP contribution in [0.3, 0.4) is 0 Å². The third kappa shape index (κ3) is 2.57. The lowest BCUT2D eigenvalue weighted by atomic mass is 9.64. The Hall–Kier alpha value is -3.50. The lowest BCUT2D eigenvalue weighted by Crippen LogP contribution is -2.48. The van der Waals surface area contributed by atoms with Crippen LogP contribution >= 0.6 is 11.6 Å². The molecule has 0 N–H and O–H groups in total. The number of carbonyl (C=O) groups is 3. The van der Waals surface area contributed by atoms with E-state index < -0.39 is 23.4 Å². The number of benzene rings is 3. The number of ketones is 3. The summed E-state index contributed by atoms with van der Waals surface area (Å²) in [7, 11) is 0. The summed E-state index contributed by atoms with van der Waals surface area (Å²) >= 11 is 6.26. The van der Waals surface area contributed by atoms with Gasteiger partial charge in [-0.2, -0.15) is 0 Å². The Morgan fingerprint density at radius 2 is 1.59 bits per heavy atom. The molecule has 0 aromatic heterocycles. The molecule has 3 aromatic rings. The minimum absolute atomic E-state index is 0.0831. The highest BCUT2D eigenvalue weighted by Crippen LogP contribution is 2.60. The average molecular weight is 468 g/mol. The molecule has 1 saturated heterocycles. The summed E-state index contributed by atoms with van der Waals surface area (Å²) in [5.41, 5.74) is 3.00. The van der Waals surface area contributed by atoms with Crippen molar-refractivity contribution in [3.8, 4) is 0 Å². The third-order valence-corrected chi connectivity index (χ3v) is 7.85. The van der Waals surface area contributed by atoms with Crippen LogP contribution < -0.4 is 4.90 Å². The summed E-state index contributed by atoms with van der Waals surface area (Å²) in [6.45, 7) is 3.54. The van der Waals surface area contributed by atoms with Gasteiger partial charge < -0.3 is 4.90 Å². The molecule has 1 spiro atoms. The van der Waals surface area contributed by atoms with E-state index in [2.05, 4.69) is 0 Å². The van der Waals surface area contributed by atoms with Crippen molar-refractivity contribution < 1.29 is 14.4 Å². The molecule has 0 bridgehead atoms. The smallest absolute Gasteiger partial charge is 0.180 e. The first-order chi connectivity index (χ1) is 16.4. The zero-order chi connectivity index (χ0) is 23.8. The highest BCUT2D eigenvalue weighted by atomic mass is 35.5. The Morgan fingerprint density at radius 1 is 0.941 bits per heavy atom. The molecule has 34 heavy (non-hydrogen) atoms. The number of rotatable bonds is 2. The van der Waals surface area contributed by atoms with E-state index in [4.69, 9.17) is 11.6 Å². The summed E-state index contributed by atoms with van der Waals surface area (Å²) in [6.07, 6.45) is 3.83. The van der Waals surface area contributed by atoms with E-state index in [-0.39, 0.29) is 17.3 Å². The zero-order valence-electron chi connectivity index (χ0n) is 18.8. The van der Waals surface area contributed by atoms with E-state index in [9.17, 15) is 14.4 Å². The maximum Gasteiger partial charge on any atom is 0.180 e. The number of Topliss-reactive ketones (excluding diaryl/α,β-unsaturated/α-hetero) is 3. The molecular weight excluding hydrogens is 446 g/mol. The van der Waals surface area contributed by atoms with Crippen LogP contribution in [0.15, 0.2) is 72.8 Å². The maximum atomic E-state index is 14.3. The molecule has 4 nitrogen and oxygen atoms in total. The predicted molar refractivity (Wildman–Crippen MR) is 133 cm³/mol. The maximum absolute atomic E-state index is 14.3. The van der Waals surface area contributed by atoms with Crippen LogP contribution in [0, 0.1) is 12.3 Å². The van der Waals surface area contributed by atoms with Crippen molar-refractivity contribution in [3.63, 3.8) is 0 Å². The molecule has 5 heteroatoms. The Bertz CT molecular complexity index is 1390. The second-order valence-electron chi connectivity index (χ2n) is 9.43. The number of carbonyl (C=O) groups excluding carboxylic acids is 3. The minimum atomic E-state index is -1.43. The SMILES string of the molecule is CC(=O)[C@H]1[C@H](c2ccc(C)cc2)C2(C(=O)c3ccccc3C2=O)C2C=Cc3cc(Cl)ccc3N21. The fourth-order valence-electron chi connectivity index (χ4n) is 6.25. The molecule has 3 aliphatic rings. The Labute approximate surface area is 202 Å². The Kier molecular flexibility index (Phi) is 4.49. The fourth-order valence-corrected chi connectivity index (χ4v) is 6.43. The van der Waals surface area contributed by atoms with E-state index in [0.717, 1.165) is 22.4 Å². The molecule has 168 valence electrons. The van der Waals surface area contributed by atoms with Gasteiger partial charge in [0.1, 0.15) is 5.41 Å². The van der Waals surface area contributed by atoms with E-state index >= 15 is 0 Å². The first-order valence-electron chi connectivity index (χ1n) is 11.4. The number of fused-ring (bicyclic) bond motifs is 5. The van der Waals surface area contributed by atoms with E-state index in [0.29, 0.717) is 16.1 Å². The minimum Gasteiger partial charge on any atom is -0.352 e. The van der Waals surface area contributed by atoms with Crippen molar-refractivity contribution >= 4 is 40.7 Å². The van der Waals surface area contributed by atoms with Gasteiger partial charge in [-0.15, -0.1) is 0 Å². The van der Waals surface area contributed by atoms with Crippen molar-refractivity contribution in [2.75, 3.05) is 4.90 Å². The van der Waals surface area contributed by atoms with E-state index in [1.807, 2.05) is 60.4 Å². The number of anilines is 1. The average Bonchev–Trinajstić information content (AvgIpc) is 3.26. The number of hydrogen-bond donors (Lipinski definition) is 0. The molecule has 1 unspecified atom stereocenters. The zero-order valence-corrected chi connectivity index (χ0v) is 19.5. The van der Waals surface area contributed by atoms with Gasteiger partial charge in [-0.1, -0.05) is 77.8 Å². The molecule has 2 heterocycles. The first-order valence-corrected chi connectivity index (χ1v) is 11.7. The fraction of sp³-hybridized carbons (Fsp3) is 0.207. The molecule has 1 aliphatic carbocycles. The highest BCUT2D eigenvalue weighted by molar-refractivity contribution is 6.32. The molecule has 1 fully saturated rings. The van der Waals surface area contributed by atoms with Crippen LogP contribution in [0.5, 0.6) is 0 Å². The molecule has 2 aliphatic heterocycles. The van der Waals surface area contributed by atoms with Gasteiger partial charge in [-0.3, -0.25) is 14.4 Å². The highest BCUT2D eigenvalue weighted by Gasteiger charge is 2.71. The summed E-state index contributed by atoms with van der Waals surface area (Å²) in [4.78, 5) is 43.8. The lowest BCUT2D eigenvalue weighted by Gasteiger charge is -2.37. The summed E-state index contributed by atoms with van der Waals surface area (Å²) in [6, 6.07) is 19.1. The molecule has 0 radical (unpaired) electrons.